The number of hydrogen-bond acceptors (Lipinski definition) is 3. The van der Waals surface area contributed by atoms with Gasteiger partial charge in [0.25, 0.3) is 0 Å². The number of aromatic nitrogens is 1. The fourth-order valence-electron chi connectivity index (χ4n) is 3.12. The molecule has 2 rings (SSSR count). The van der Waals surface area contributed by atoms with Crippen molar-refractivity contribution in [2.45, 2.75) is 45.6 Å². The van der Waals surface area contributed by atoms with E-state index >= 15 is 0 Å². The Balaban J connectivity index is 1.89. The minimum absolute atomic E-state index is 0.00831. The highest BCUT2D eigenvalue weighted by atomic mass is 19.1. The van der Waals surface area contributed by atoms with E-state index in [1.54, 1.807) is 0 Å². The van der Waals surface area contributed by atoms with Gasteiger partial charge >= 0.3 is 0 Å². The van der Waals surface area contributed by atoms with Crippen molar-refractivity contribution in [3.8, 4) is 0 Å². The van der Waals surface area contributed by atoms with Gasteiger partial charge in [-0.1, -0.05) is 13.8 Å². The van der Waals surface area contributed by atoms with Crippen LogP contribution in [0.25, 0.3) is 0 Å². The van der Waals surface area contributed by atoms with E-state index in [0.717, 1.165) is 18.7 Å². The van der Waals surface area contributed by atoms with Crippen molar-refractivity contribution < 1.29 is 9.18 Å². The molecule has 0 amide bonds. The molecule has 0 N–H and O–H groups in total. The number of halogens is 1. The molecular weight excluding hydrogens is 267 g/mol. The molecule has 1 atom stereocenters. The lowest BCUT2D eigenvalue weighted by Gasteiger charge is -2.34. The van der Waals surface area contributed by atoms with Crippen molar-refractivity contribution in [2.24, 2.45) is 11.8 Å². The average molecular weight is 292 g/mol. The summed E-state index contributed by atoms with van der Waals surface area (Å²) in [6, 6.07) is 3.34. The highest BCUT2D eigenvalue weighted by molar-refractivity contribution is 5.95. The molecule has 21 heavy (non-hydrogen) atoms. The van der Waals surface area contributed by atoms with E-state index in [4.69, 9.17) is 0 Å². The van der Waals surface area contributed by atoms with Gasteiger partial charge in [-0.2, -0.15) is 0 Å². The molecule has 1 aromatic rings. The van der Waals surface area contributed by atoms with Gasteiger partial charge in [-0.15, -0.1) is 0 Å². The standard InChI is InChI=1S/C17H25FN2O/c1-12-4-7-15(8-5-12)20(3)11-13(2)17(21)16-9-6-14(18)10-19-16/h6,9-10,12-13,15H,4-5,7-8,11H2,1-3H3. The summed E-state index contributed by atoms with van der Waals surface area (Å²) in [7, 11) is 2.10. The quantitative estimate of drug-likeness (QED) is 0.778. The van der Waals surface area contributed by atoms with Crippen LogP contribution in [0.3, 0.4) is 0 Å². The third-order valence-corrected chi connectivity index (χ3v) is 4.60. The van der Waals surface area contributed by atoms with Crippen LogP contribution < -0.4 is 0 Å². The van der Waals surface area contributed by atoms with E-state index in [0.29, 0.717) is 11.7 Å². The Hall–Kier alpha value is -1.29. The molecule has 1 fully saturated rings. The van der Waals surface area contributed by atoms with Gasteiger partial charge in [0.2, 0.25) is 0 Å². The zero-order chi connectivity index (χ0) is 15.4. The summed E-state index contributed by atoms with van der Waals surface area (Å²) in [6.45, 7) is 4.97. The van der Waals surface area contributed by atoms with Gasteiger partial charge in [-0.3, -0.25) is 9.78 Å². The van der Waals surface area contributed by atoms with Crippen LogP contribution in [0.2, 0.25) is 0 Å². The molecule has 3 nitrogen and oxygen atoms in total. The molecule has 0 saturated heterocycles. The number of pyridine rings is 1. The number of nitrogens with zero attached hydrogens (tertiary/aromatic N) is 2. The fourth-order valence-corrected chi connectivity index (χ4v) is 3.12. The van der Waals surface area contributed by atoms with E-state index in [9.17, 15) is 9.18 Å². The second kappa shape index (κ2) is 7.12. The van der Waals surface area contributed by atoms with Gasteiger partial charge in [-0.25, -0.2) is 4.39 Å². The zero-order valence-corrected chi connectivity index (χ0v) is 13.2. The van der Waals surface area contributed by atoms with E-state index in [1.807, 2.05) is 6.92 Å². The maximum absolute atomic E-state index is 12.9. The molecule has 0 aliphatic heterocycles. The van der Waals surface area contributed by atoms with Gasteiger partial charge in [0.05, 0.1) is 6.20 Å². The molecule has 0 bridgehead atoms. The van der Waals surface area contributed by atoms with Crippen LogP contribution in [0.15, 0.2) is 18.3 Å². The van der Waals surface area contributed by atoms with Gasteiger partial charge in [0.1, 0.15) is 11.5 Å². The van der Waals surface area contributed by atoms with Gasteiger partial charge in [-0.05, 0) is 50.8 Å². The van der Waals surface area contributed by atoms with Crippen molar-refractivity contribution in [2.75, 3.05) is 13.6 Å². The Bertz CT molecular complexity index is 466. The van der Waals surface area contributed by atoms with E-state index in [2.05, 4.69) is 23.9 Å². The minimum Gasteiger partial charge on any atom is -0.303 e. The Kier molecular flexibility index (Phi) is 5.45. The Morgan fingerprint density at radius 1 is 1.38 bits per heavy atom. The van der Waals surface area contributed by atoms with Crippen molar-refractivity contribution in [3.63, 3.8) is 0 Å². The van der Waals surface area contributed by atoms with Gasteiger partial charge in [0.15, 0.2) is 5.78 Å². The molecule has 1 unspecified atom stereocenters. The highest BCUT2D eigenvalue weighted by Gasteiger charge is 2.25. The predicted octanol–water partition coefficient (Wildman–Crippen LogP) is 3.55. The monoisotopic (exact) mass is 292 g/mol. The summed E-state index contributed by atoms with van der Waals surface area (Å²) in [6.07, 6.45) is 6.08. The van der Waals surface area contributed by atoms with Crippen LogP contribution in [0.5, 0.6) is 0 Å². The minimum atomic E-state index is -0.410. The first-order valence-electron chi connectivity index (χ1n) is 7.83. The van der Waals surface area contributed by atoms with Crippen LogP contribution in [-0.4, -0.2) is 35.3 Å². The number of hydrogen-bond donors (Lipinski definition) is 0. The normalized spacial score (nSPS) is 24.0. The van der Waals surface area contributed by atoms with Gasteiger partial charge < -0.3 is 4.90 Å². The lowest BCUT2D eigenvalue weighted by molar-refractivity contribution is 0.0859. The van der Waals surface area contributed by atoms with Crippen LogP contribution in [0.4, 0.5) is 4.39 Å². The first-order chi connectivity index (χ1) is 9.97. The molecule has 1 aromatic heterocycles. The molecular formula is C17H25FN2O. The van der Waals surface area contributed by atoms with E-state index in [-0.39, 0.29) is 11.7 Å². The smallest absolute Gasteiger partial charge is 0.185 e. The second-order valence-corrected chi connectivity index (χ2v) is 6.48. The molecule has 0 aromatic carbocycles. The topological polar surface area (TPSA) is 33.2 Å². The number of Topliss-reactive ketones (excluding diaryl/α,β-unsaturated/α-hetero) is 1. The summed E-state index contributed by atoms with van der Waals surface area (Å²) in [5.41, 5.74) is 0.356. The number of rotatable bonds is 5. The number of ketones is 1. The number of carbonyl (C=O) groups is 1. The summed E-state index contributed by atoms with van der Waals surface area (Å²) in [5.74, 6) is 0.295. The molecule has 0 radical (unpaired) electrons. The van der Waals surface area contributed by atoms with Crippen molar-refractivity contribution >= 4 is 5.78 Å². The number of carbonyl (C=O) groups excluding carboxylic acids is 1. The largest absolute Gasteiger partial charge is 0.303 e. The SMILES string of the molecule is CC1CCC(N(C)CC(C)C(=O)c2ccc(F)cn2)CC1. The molecule has 0 spiro atoms. The summed E-state index contributed by atoms with van der Waals surface area (Å²) in [4.78, 5) is 18.5. The first kappa shape index (κ1) is 16.1. The van der Waals surface area contributed by atoms with Crippen LogP contribution >= 0.6 is 0 Å². The Labute approximate surface area is 126 Å². The third kappa shape index (κ3) is 4.34. The molecule has 1 aliphatic rings. The van der Waals surface area contributed by atoms with Crippen LogP contribution in [-0.2, 0) is 0 Å². The van der Waals surface area contributed by atoms with E-state index in [1.165, 1.54) is 37.8 Å². The molecule has 116 valence electrons. The first-order valence-corrected chi connectivity index (χ1v) is 7.83. The Morgan fingerprint density at radius 2 is 2.05 bits per heavy atom. The maximum Gasteiger partial charge on any atom is 0.185 e. The predicted molar refractivity (Wildman–Crippen MR) is 81.7 cm³/mol. The second-order valence-electron chi connectivity index (χ2n) is 6.48. The van der Waals surface area contributed by atoms with Crippen LogP contribution in [0, 0.1) is 17.7 Å². The van der Waals surface area contributed by atoms with E-state index < -0.39 is 5.82 Å². The summed E-state index contributed by atoms with van der Waals surface area (Å²) >= 11 is 0. The molecule has 1 saturated carbocycles. The van der Waals surface area contributed by atoms with Crippen molar-refractivity contribution in [3.05, 3.63) is 29.8 Å². The lowest BCUT2D eigenvalue weighted by Crippen LogP contribution is -2.39. The maximum atomic E-state index is 12.9. The van der Waals surface area contributed by atoms with Crippen LogP contribution in [0.1, 0.15) is 50.0 Å². The van der Waals surface area contributed by atoms with Crippen molar-refractivity contribution in [1.82, 2.24) is 9.88 Å². The van der Waals surface area contributed by atoms with Crippen molar-refractivity contribution in [1.29, 1.82) is 0 Å². The summed E-state index contributed by atoms with van der Waals surface area (Å²) < 4.78 is 12.9. The summed E-state index contributed by atoms with van der Waals surface area (Å²) in [5, 5.41) is 0. The molecule has 4 heteroatoms. The lowest BCUT2D eigenvalue weighted by atomic mass is 9.86. The third-order valence-electron chi connectivity index (χ3n) is 4.60. The fraction of sp³-hybridized carbons (Fsp3) is 0.647. The highest BCUT2D eigenvalue weighted by Crippen LogP contribution is 2.27. The molecule has 1 aliphatic carbocycles. The molecule has 1 heterocycles. The Morgan fingerprint density at radius 3 is 2.62 bits per heavy atom. The van der Waals surface area contributed by atoms with Gasteiger partial charge in [0, 0.05) is 18.5 Å². The average Bonchev–Trinajstić information content (AvgIpc) is 2.47. The zero-order valence-electron chi connectivity index (χ0n) is 13.2.